The van der Waals surface area contributed by atoms with E-state index in [0.717, 1.165) is 50.5 Å². The molecule has 5 aromatic rings. The van der Waals surface area contributed by atoms with Crippen molar-refractivity contribution in [2.75, 3.05) is 10.2 Å². The highest BCUT2D eigenvalue weighted by Crippen LogP contribution is 2.54. The number of para-hydroxylation sites is 1. The van der Waals surface area contributed by atoms with Crippen molar-refractivity contribution in [1.29, 1.82) is 0 Å². The maximum atomic E-state index is 14.0. The molecule has 3 amide bonds. The smallest absolute Gasteiger partial charge is 0.324 e. The molecule has 1 aromatic heterocycles. The molecular formula is C33H21BrF3N3O4S2. The Labute approximate surface area is 276 Å². The quantitative estimate of drug-likeness (QED) is 0.193. The van der Waals surface area contributed by atoms with Gasteiger partial charge < -0.3 is 5.32 Å². The number of nitrogens with zero attached hydrogens (tertiary/aromatic N) is 2. The lowest BCUT2D eigenvalue weighted by atomic mass is 9.83. The third-order valence-corrected chi connectivity index (χ3v) is 11.2. The summed E-state index contributed by atoms with van der Waals surface area (Å²) < 4.78 is 44.0. The van der Waals surface area contributed by atoms with Gasteiger partial charge in [0.05, 0.1) is 22.2 Å². The van der Waals surface area contributed by atoms with Gasteiger partial charge in [0, 0.05) is 26.3 Å². The number of thiazole rings is 1. The minimum Gasteiger partial charge on any atom is -0.324 e. The van der Waals surface area contributed by atoms with Crippen LogP contribution in [0, 0.1) is 5.92 Å². The first-order valence-corrected chi connectivity index (χ1v) is 16.5. The zero-order valence-electron chi connectivity index (χ0n) is 23.5. The summed E-state index contributed by atoms with van der Waals surface area (Å²) in [6, 6.07) is 24.5. The van der Waals surface area contributed by atoms with Gasteiger partial charge in [-0.3, -0.25) is 23.7 Å². The Morgan fingerprint density at radius 1 is 0.870 bits per heavy atom. The number of anilines is 2. The highest BCUT2D eigenvalue weighted by atomic mass is 79.9. The van der Waals surface area contributed by atoms with Crippen molar-refractivity contribution >= 4 is 78.9 Å². The fraction of sp³-hybridized carbons (Fsp3) is 0.152. The van der Waals surface area contributed by atoms with Gasteiger partial charge in [-0.2, -0.15) is 13.2 Å². The fourth-order valence-electron chi connectivity index (χ4n) is 6.10. The summed E-state index contributed by atoms with van der Waals surface area (Å²) in [7, 11) is 0. The largest absolute Gasteiger partial charge is 0.418 e. The van der Waals surface area contributed by atoms with Gasteiger partial charge in [0.25, 0.3) is 0 Å². The van der Waals surface area contributed by atoms with Crippen LogP contribution in [0.4, 0.5) is 24.5 Å². The maximum Gasteiger partial charge on any atom is 0.418 e. The molecule has 0 spiro atoms. The van der Waals surface area contributed by atoms with Crippen LogP contribution >= 0.6 is 39.0 Å². The summed E-state index contributed by atoms with van der Waals surface area (Å²) >= 11 is 5.20. The summed E-state index contributed by atoms with van der Waals surface area (Å²) in [5, 5.41) is 3.82. The van der Waals surface area contributed by atoms with Crippen molar-refractivity contribution in [3.05, 3.63) is 121 Å². The molecule has 0 radical (unpaired) electrons. The Kier molecular flexibility index (Phi) is 7.65. The van der Waals surface area contributed by atoms with Crippen molar-refractivity contribution < 1.29 is 27.6 Å². The van der Waals surface area contributed by atoms with Gasteiger partial charge in [-0.05, 0) is 41.3 Å². The molecule has 3 heterocycles. The van der Waals surface area contributed by atoms with Crippen LogP contribution in [0.3, 0.4) is 0 Å². The Hall–Kier alpha value is -4.20. The van der Waals surface area contributed by atoms with E-state index >= 15 is 0 Å². The highest BCUT2D eigenvalue weighted by molar-refractivity contribution is 9.10. The zero-order valence-corrected chi connectivity index (χ0v) is 26.7. The van der Waals surface area contributed by atoms with E-state index in [1.807, 2.05) is 30.3 Å². The lowest BCUT2D eigenvalue weighted by molar-refractivity contribution is -0.137. The van der Waals surface area contributed by atoms with E-state index in [9.17, 15) is 32.3 Å². The van der Waals surface area contributed by atoms with E-state index in [0.29, 0.717) is 26.1 Å². The molecule has 1 N–H and O–H groups in total. The molecule has 4 aromatic carbocycles. The van der Waals surface area contributed by atoms with Crippen molar-refractivity contribution in [3.63, 3.8) is 0 Å². The first-order chi connectivity index (χ1) is 22.0. The lowest BCUT2D eigenvalue weighted by Crippen LogP contribution is -2.33. The standard InChI is InChI=1S/C33H21BrF3N3O4S2/c34-19-14-12-18(13-15-19)25-26-27(30(43)40(29(26)42)23-11-4-3-9-21(23)33(35,36)37)45-31-28(25)46-32(44)39(31)16-24(41)38-22-10-5-7-17-6-1-2-8-20(17)22/h1-15,25-27H,16H2,(H,38,41). The van der Waals surface area contributed by atoms with Crippen LogP contribution < -0.4 is 15.1 Å². The molecule has 232 valence electrons. The molecule has 2 aliphatic heterocycles. The number of halogens is 4. The predicted octanol–water partition coefficient (Wildman–Crippen LogP) is 7.28. The summed E-state index contributed by atoms with van der Waals surface area (Å²) in [5.41, 5.74) is -0.459. The number of aromatic nitrogens is 1. The number of thioether (sulfide) groups is 1. The van der Waals surface area contributed by atoms with E-state index in [2.05, 4.69) is 21.2 Å². The van der Waals surface area contributed by atoms with Crippen LogP contribution in [0.25, 0.3) is 10.8 Å². The number of benzene rings is 4. The van der Waals surface area contributed by atoms with E-state index < -0.39 is 57.1 Å². The molecule has 0 aliphatic carbocycles. The molecule has 1 saturated heterocycles. The van der Waals surface area contributed by atoms with Crippen molar-refractivity contribution in [2.24, 2.45) is 5.92 Å². The number of amides is 3. The molecule has 7 rings (SSSR count). The molecule has 46 heavy (non-hydrogen) atoms. The molecule has 1 fully saturated rings. The van der Waals surface area contributed by atoms with E-state index in [1.165, 1.54) is 16.7 Å². The number of imide groups is 1. The second-order valence-corrected chi connectivity index (χ2v) is 13.9. The average molecular weight is 725 g/mol. The SMILES string of the molecule is O=C(Cn1c2c(sc1=O)C(c1ccc(Br)cc1)C1C(=O)N(c3ccccc3C(F)(F)F)C(=O)C1S2)Nc1cccc2ccccc12. The van der Waals surface area contributed by atoms with Gasteiger partial charge in [-0.15, -0.1) is 0 Å². The molecule has 0 bridgehead atoms. The highest BCUT2D eigenvalue weighted by Gasteiger charge is 2.57. The van der Waals surface area contributed by atoms with Gasteiger partial charge in [-0.1, -0.05) is 99.7 Å². The Morgan fingerprint density at radius 2 is 1.57 bits per heavy atom. The van der Waals surface area contributed by atoms with Gasteiger partial charge in [0.15, 0.2) is 0 Å². The minimum absolute atomic E-state index is 0.337. The maximum absolute atomic E-state index is 14.0. The lowest BCUT2D eigenvalue weighted by Gasteiger charge is -2.30. The number of carbonyl (C=O) groups excluding carboxylic acids is 3. The van der Waals surface area contributed by atoms with Crippen molar-refractivity contribution in [3.8, 4) is 0 Å². The topological polar surface area (TPSA) is 88.5 Å². The Morgan fingerprint density at radius 3 is 2.33 bits per heavy atom. The fourth-order valence-corrected chi connectivity index (χ4v) is 9.14. The molecule has 7 nitrogen and oxygen atoms in total. The van der Waals surface area contributed by atoms with Crippen LogP contribution in [0.15, 0.2) is 105 Å². The number of nitrogens with one attached hydrogen (secondary N) is 1. The predicted molar refractivity (Wildman–Crippen MR) is 174 cm³/mol. The Bertz CT molecular complexity index is 2110. The Balaban J connectivity index is 1.29. The molecule has 3 atom stereocenters. The number of hydrogen-bond donors (Lipinski definition) is 1. The van der Waals surface area contributed by atoms with E-state index in [4.69, 9.17) is 0 Å². The number of carbonyl (C=O) groups is 3. The van der Waals surface area contributed by atoms with Crippen molar-refractivity contribution in [1.82, 2.24) is 4.57 Å². The normalized spacial score (nSPS) is 19.3. The van der Waals surface area contributed by atoms with Crippen LogP contribution in [0.5, 0.6) is 0 Å². The van der Waals surface area contributed by atoms with Crippen LogP contribution in [0.1, 0.15) is 21.9 Å². The van der Waals surface area contributed by atoms with E-state index in [-0.39, 0.29) is 6.54 Å². The third-order valence-electron chi connectivity index (χ3n) is 8.09. The number of fused-ring (bicyclic) bond motifs is 3. The van der Waals surface area contributed by atoms with E-state index in [1.54, 1.807) is 36.4 Å². The summed E-state index contributed by atoms with van der Waals surface area (Å²) in [4.78, 5) is 55.4. The molecule has 0 saturated carbocycles. The number of rotatable bonds is 5. The second-order valence-electron chi connectivity index (χ2n) is 10.8. The molecule has 2 aliphatic rings. The monoisotopic (exact) mass is 723 g/mol. The zero-order chi connectivity index (χ0) is 32.3. The number of hydrogen-bond acceptors (Lipinski definition) is 6. The van der Waals surface area contributed by atoms with Gasteiger partial charge in [0.2, 0.25) is 17.7 Å². The van der Waals surface area contributed by atoms with Gasteiger partial charge in [-0.25, -0.2) is 4.90 Å². The van der Waals surface area contributed by atoms with Crippen LogP contribution in [-0.2, 0) is 27.1 Å². The molecule has 13 heteroatoms. The summed E-state index contributed by atoms with van der Waals surface area (Å²) in [5.74, 6) is -3.96. The third kappa shape index (κ3) is 5.16. The second kappa shape index (κ2) is 11.6. The first kappa shape index (κ1) is 30.5. The van der Waals surface area contributed by atoms with Crippen molar-refractivity contribution in [2.45, 2.75) is 28.9 Å². The summed E-state index contributed by atoms with van der Waals surface area (Å²) in [6.07, 6.45) is -4.81. The summed E-state index contributed by atoms with van der Waals surface area (Å²) in [6.45, 7) is -0.367. The van der Waals surface area contributed by atoms with Gasteiger partial charge in [0.1, 0.15) is 11.8 Å². The number of alkyl halides is 3. The van der Waals surface area contributed by atoms with Gasteiger partial charge >= 0.3 is 11.0 Å². The molecule has 3 unspecified atom stereocenters. The van der Waals surface area contributed by atoms with Crippen LogP contribution in [-0.4, -0.2) is 27.5 Å². The first-order valence-electron chi connectivity index (χ1n) is 14.0. The minimum atomic E-state index is -4.81. The molecular weight excluding hydrogens is 703 g/mol. The van der Waals surface area contributed by atoms with Crippen LogP contribution in [0.2, 0.25) is 0 Å². The average Bonchev–Trinajstić information content (AvgIpc) is 3.47.